The molecule has 0 unspecified atom stereocenters. The first-order valence-electron chi connectivity index (χ1n) is 8.35. The maximum Gasteiger partial charge on any atom is 0.236 e. The minimum atomic E-state index is -0.120. The number of benzene rings is 1. The van der Waals surface area contributed by atoms with Crippen LogP contribution in [0.25, 0.3) is 0 Å². The number of nitrogens with one attached hydrogen (secondary N) is 1. The summed E-state index contributed by atoms with van der Waals surface area (Å²) in [7, 11) is 1.87. The van der Waals surface area contributed by atoms with Crippen LogP contribution < -0.4 is 10.1 Å². The van der Waals surface area contributed by atoms with Gasteiger partial charge in [-0.25, -0.2) is 4.98 Å². The summed E-state index contributed by atoms with van der Waals surface area (Å²) in [6.45, 7) is 6.28. The molecule has 9 heteroatoms. The van der Waals surface area contributed by atoms with Gasteiger partial charge in [-0.05, 0) is 32.4 Å². The first-order valence-corrected chi connectivity index (χ1v) is 10.2. The number of thiazole rings is 1. The molecule has 1 aromatic carbocycles. The molecule has 0 spiro atoms. The fourth-order valence-electron chi connectivity index (χ4n) is 2.40. The number of carbonyl (C=O) groups excluding carboxylic acids is 1. The molecule has 0 aliphatic heterocycles. The Hall–Kier alpha value is -2.39. The standard InChI is InChI=1S/C18H21N5O2S2/c1-11-5-6-14(12(2)7-11)25-8-15-21-22-18(23(15)4)27-10-16(24)20-17-19-13(3)9-26-17/h5-7,9H,8,10H2,1-4H3,(H,19,20,24). The van der Waals surface area contributed by atoms with Crippen LogP contribution in [-0.4, -0.2) is 31.4 Å². The van der Waals surface area contributed by atoms with Gasteiger partial charge < -0.3 is 14.6 Å². The molecule has 1 N–H and O–H groups in total. The molecule has 0 atom stereocenters. The van der Waals surface area contributed by atoms with Crippen LogP contribution in [0.3, 0.4) is 0 Å². The molecule has 2 aromatic heterocycles. The van der Waals surface area contributed by atoms with E-state index in [0.717, 1.165) is 17.0 Å². The number of hydrogen-bond donors (Lipinski definition) is 1. The molecular weight excluding hydrogens is 382 g/mol. The third kappa shape index (κ3) is 5.08. The molecule has 3 aromatic rings. The zero-order chi connectivity index (χ0) is 19.4. The van der Waals surface area contributed by atoms with E-state index >= 15 is 0 Å². The lowest BCUT2D eigenvalue weighted by Crippen LogP contribution is -2.14. The topological polar surface area (TPSA) is 81.9 Å². The summed E-state index contributed by atoms with van der Waals surface area (Å²) in [5.41, 5.74) is 3.17. The minimum absolute atomic E-state index is 0.120. The number of rotatable bonds is 7. The van der Waals surface area contributed by atoms with E-state index in [0.29, 0.717) is 22.7 Å². The van der Waals surface area contributed by atoms with Crippen LogP contribution in [0.2, 0.25) is 0 Å². The highest BCUT2D eigenvalue weighted by Gasteiger charge is 2.13. The average molecular weight is 404 g/mol. The first-order chi connectivity index (χ1) is 12.9. The van der Waals surface area contributed by atoms with Crippen molar-refractivity contribution in [3.05, 3.63) is 46.2 Å². The van der Waals surface area contributed by atoms with Gasteiger partial charge in [-0.2, -0.15) is 0 Å². The Kier molecular flexibility index (Phi) is 6.12. The van der Waals surface area contributed by atoms with E-state index in [1.54, 1.807) is 0 Å². The molecule has 3 rings (SSSR count). The van der Waals surface area contributed by atoms with Gasteiger partial charge in [0.2, 0.25) is 5.91 Å². The average Bonchev–Trinajstić information content (AvgIpc) is 3.18. The summed E-state index contributed by atoms with van der Waals surface area (Å²) >= 11 is 2.74. The number of aryl methyl sites for hydroxylation is 3. The zero-order valence-corrected chi connectivity index (χ0v) is 17.3. The van der Waals surface area contributed by atoms with Crippen molar-refractivity contribution in [3.63, 3.8) is 0 Å². The van der Waals surface area contributed by atoms with Gasteiger partial charge in [-0.3, -0.25) is 4.79 Å². The molecule has 0 fully saturated rings. The fourth-order valence-corrected chi connectivity index (χ4v) is 3.83. The number of nitrogens with zero attached hydrogens (tertiary/aromatic N) is 4. The van der Waals surface area contributed by atoms with E-state index in [-0.39, 0.29) is 11.7 Å². The summed E-state index contributed by atoms with van der Waals surface area (Å²) < 4.78 is 7.70. The molecule has 0 radical (unpaired) electrons. The van der Waals surface area contributed by atoms with Gasteiger partial charge in [0.25, 0.3) is 0 Å². The smallest absolute Gasteiger partial charge is 0.236 e. The first kappa shape index (κ1) is 19.4. The SMILES string of the molecule is Cc1ccc(OCc2nnc(SCC(=O)Nc3nc(C)cs3)n2C)c(C)c1. The molecule has 7 nitrogen and oxygen atoms in total. The van der Waals surface area contributed by atoms with E-state index in [1.165, 1.54) is 28.7 Å². The summed E-state index contributed by atoms with van der Waals surface area (Å²) in [6, 6.07) is 6.06. The van der Waals surface area contributed by atoms with Crippen molar-refractivity contribution >= 4 is 34.1 Å². The number of carbonyl (C=O) groups is 1. The van der Waals surface area contributed by atoms with Gasteiger partial charge in [-0.1, -0.05) is 29.5 Å². The lowest BCUT2D eigenvalue weighted by molar-refractivity contribution is -0.113. The molecule has 0 saturated heterocycles. The molecule has 0 bridgehead atoms. The summed E-state index contributed by atoms with van der Waals surface area (Å²) in [5.74, 6) is 1.65. The molecule has 0 aliphatic rings. The van der Waals surface area contributed by atoms with Crippen molar-refractivity contribution < 1.29 is 9.53 Å². The molecule has 1 amide bonds. The summed E-state index contributed by atoms with van der Waals surface area (Å²) in [6.07, 6.45) is 0. The van der Waals surface area contributed by atoms with Crippen molar-refractivity contribution in [1.29, 1.82) is 0 Å². The van der Waals surface area contributed by atoms with Gasteiger partial charge in [0, 0.05) is 12.4 Å². The number of aromatic nitrogens is 4. The quantitative estimate of drug-likeness (QED) is 0.608. The van der Waals surface area contributed by atoms with E-state index in [2.05, 4.69) is 33.5 Å². The predicted molar refractivity (Wildman–Crippen MR) is 107 cm³/mol. The van der Waals surface area contributed by atoms with Gasteiger partial charge in [0.05, 0.1) is 11.4 Å². The van der Waals surface area contributed by atoms with Crippen LogP contribution in [0.1, 0.15) is 22.6 Å². The van der Waals surface area contributed by atoms with Gasteiger partial charge in [-0.15, -0.1) is 21.5 Å². The van der Waals surface area contributed by atoms with Crippen LogP contribution in [0, 0.1) is 20.8 Å². The fraction of sp³-hybridized carbons (Fsp3) is 0.333. The lowest BCUT2D eigenvalue weighted by Gasteiger charge is -2.09. The van der Waals surface area contributed by atoms with Crippen molar-refractivity contribution in [3.8, 4) is 5.75 Å². The third-order valence-electron chi connectivity index (χ3n) is 3.81. The van der Waals surface area contributed by atoms with Crippen LogP contribution in [-0.2, 0) is 18.4 Å². The molecule has 142 valence electrons. The maximum absolute atomic E-state index is 12.0. The second kappa shape index (κ2) is 8.53. The van der Waals surface area contributed by atoms with Crippen LogP contribution in [0.15, 0.2) is 28.7 Å². The largest absolute Gasteiger partial charge is 0.485 e. The number of ether oxygens (including phenoxy) is 1. The highest BCUT2D eigenvalue weighted by molar-refractivity contribution is 7.99. The van der Waals surface area contributed by atoms with Crippen LogP contribution >= 0.6 is 23.1 Å². The van der Waals surface area contributed by atoms with Gasteiger partial charge in [0.1, 0.15) is 12.4 Å². The second-order valence-corrected chi connectivity index (χ2v) is 7.95. The lowest BCUT2D eigenvalue weighted by atomic mass is 10.1. The summed E-state index contributed by atoms with van der Waals surface area (Å²) in [5, 5.41) is 14.3. The Morgan fingerprint density at radius 2 is 2.11 bits per heavy atom. The van der Waals surface area contributed by atoms with Gasteiger partial charge in [0.15, 0.2) is 16.1 Å². The number of hydrogen-bond acceptors (Lipinski definition) is 7. The van der Waals surface area contributed by atoms with Crippen molar-refractivity contribution in [2.75, 3.05) is 11.1 Å². The van der Waals surface area contributed by atoms with E-state index in [9.17, 15) is 4.79 Å². The highest BCUT2D eigenvalue weighted by Crippen LogP contribution is 2.21. The Bertz CT molecular complexity index is 951. The zero-order valence-electron chi connectivity index (χ0n) is 15.6. The Balaban J connectivity index is 1.54. The minimum Gasteiger partial charge on any atom is -0.485 e. The van der Waals surface area contributed by atoms with E-state index < -0.39 is 0 Å². The normalized spacial score (nSPS) is 10.8. The molecule has 27 heavy (non-hydrogen) atoms. The Labute approximate surface area is 166 Å². The van der Waals surface area contributed by atoms with Crippen LogP contribution in [0.4, 0.5) is 5.13 Å². The van der Waals surface area contributed by atoms with Crippen molar-refractivity contribution in [2.45, 2.75) is 32.5 Å². The maximum atomic E-state index is 12.0. The number of anilines is 1. The van der Waals surface area contributed by atoms with E-state index in [1.807, 2.05) is 43.0 Å². The third-order valence-corrected chi connectivity index (χ3v) is 5.71. The Morgan fingerprint density at radius 3 is 2.81 bits per heavy atom. The van der Waals surface area contributed by atoms with Crippen LogP contribution in [0.5, 0.6) is 5.75 Å². The van der Waals surface area contributed by atoms with Gasteiger partial charge >= 0.3 is 0 Å². The van der Waals surface area contributed by atoms with E-state index in [4.69, 9.17) is 4.74 Å². The monoisotopic (exact) mass is 403 g/mol. The second-order valence-electron chi connectivity index (χ2n) is 6.15. The summed E-state index contributed by atoms with van der Waals surface area (Å²) in [4.78, 5) is 16.3. The molecule has 2 heterocycles. The van der Waals surface area contributed by atoms with Crippen molar-refractivity contribution in [1.82, 2.24) is 19.7 Å². The predicted octanol–water partition coefficient (Wildman–Crippen LogP) is 3.51. The Morgan fingerprint density at radius 1 is 1.30 bits per heavy atom. The number of amides is 1. The molecule has 0 saturated carbocycles. The number of thioether (sulfide) groups is 1. The highest BCUT2D eigenvalue weighted by atomic mass is 32.2. The molecular formula is C18H21N5O2S2. The molecule has 0 aliphatic carbocycles. The van der Waals surface area contributed by atoms with Crippen molar-refractivity contribution in [2.24, 2.45) is 7.05 Å².